The second-order valence-electron chi connectivity index (χ2n) is 13.7. The van der Waals surface area contributed by atoms with E-state index < -0.39 is 18.2 Å². The number of nitrogens with one attached hydrogen (secondary N) is 4. The summed E-state index contributed by atoms with van der Waals surface area (Å²) >= 11 is 0. The first-order valence-electron chi connectivity index (χ1n) is 18.2. The number of carbonyl (C=O) groups is 3. The molecule has 4 unspecified atom stereocenters. The second kappa shape index (κ2) is 17.1. The third-order valence-corrected chi connectivity index (χ3v) is 10.0. The van der Waals surface area contributed by atoms with Gasteiger partial charge in [-0.05, 0) is 74.9 Å². The molecule has 282 valence electrons. The van der Waals surface area contributed by atoms with Crippen LogP contribution in [0.1, 0.15) is 74.8 Å². The number of methoxy groups -OCH3 is 3. The van der Waals surface area contributed by atoms with Crippen molar-refractivity contribution in [2.24, 2.45) is 0 Å². The molecule has 0 saturated carbocycles. The van der Waals surface area contributed by atoms with Gasteiger partial charge in [0, 0.05) is 51.3 Å². The number of hydrogen-bond donors (Lipinski definition) is 4. The molecule has 0 bridgehead atoms. The molecule has 2 aliphatic rings. The predicted octanol–water partition coefficient (Wildman–Crippen LogP) is 5.45. The lowest BCUT2D eigenvalue weighted by molar-refractivity contribution is -0.137. The van der Waals surface area contributed by atoms with Crippen LogP contribution in [0.3, 0.4) is 0 Å². The largest absolute Gasteiger partial charge is 0.457 e. The summed E-state index contributed by atoms with van der Waals surface area (Å²) in [6.45, 7) is 4.80. The minimum absolute atomic E-state index is 0.00639. The van der Waals surface area contributed by atoms with Gasteiger partial charge in [-0.1, -0.05) is 12.1 Å². The number of imidazole rings is 2. The topological polar surface area (TPSA) is 173 Å². The lowest BCUT2D eigenvalue weighted by Crippen LogP contribution is -2.54. The van der Waals surface area contributed by atoms with Crippen LogP contribution >= 0.6 is 0 Å². The number of aryl methyl sites for hydroxylation is 1. The Labute approximate surface area is 309 Å². The highest BCUT2D eigenvalue weighted by Gasteiger charge is 2.38. The predicted molar refractivity (Wildman–Crippen MR) is 197 cm³/mol. The Morgan fingerprint density at radius 3 is 2.51 bits per heavy atom. The van der Waals surface area contributed by atoms with Crippen LogP contribution in [-0.4, -0.2) is 95.4 Å². The number of rotatable bonds is 15. The number of ether oxygens (including phenoxy) is 4. The van der Waals surface area contributed by atoms with Crippen LogP contribution in [-0.2, 0) is 36.6 Å². The molecular formula is C39H49N7O7. The van der Waals surface area contributed by atoms with E-state index in [1.165, 1.54) is 14.2 Å². The average Bonchev–Trinajstić information content (AvgIpc) is 3.96. The fraction of sp³-hybridized carbons (Fsp3) is 0.462. The van der Waals surface area contributed by atoms with Crippen LogP contribution < -0.4 is 15.4 Å². The molecule has 2 aromatic heterocycles. The number of likely N-dealkylation sites (tertiary alicyclic amines) is 1. The van der Waals surface area contributed by atoms with Crippen LogP contribution in [0.5, 0.6) is 11.5 Å². The number of nitrogens with zero attached hydrogens (tertiary/aromatic N) is 3. The quantitative estimate of drug-likeness (QED) is 0.102. The van der Waals surface area contributed by atoms with Crippen molar-refractivity contribution in [3.8, 4) is 34.0 Å². The van der Waals surface area contributed by atoms with Gasteiger partial charge in [-0.25, -0.2) is 14.8 Å². The molecule has 4 atom stereocenters. The van der Waals surface area contributed by atoms with Gasteiger partial charge < -0.3 is 44.4 Å². The number of aromatic amines is 2. The molecule has 14 nitrogen and oxygen atoms in total. The zero-order chi connectivity index (χ0) is 37.5. The number of benzene rings is 2. The van der Waals surface area contributed by atoms with Gasteiger partial charge in [-0.2, -0.15) is 0 Å². The number of hydrogen-bond acceptors (Lipinski definition) is 9. The number of H-pyrrole nitrogens is 2. The van der Waals surface area contributed by atoms with Crippen LogP contribution in [0.4, 0.5) is 4.79 Å². The molecule has 2 aliphatic heterocycles. The highest BCUT2D eigenvalue weighted by molar-refractivity contribution is 5.87. The molecule has 3 amide bonds. The highest BCUT2D eigenvalue weighted by atomic mass is 16.5. The van der Waals surface area contributed by atoms with E-state index in [1.807, 2.05) is 25.3 Å². The molecule has 53 heavy (non-hydrogen) atoms. The monoisotopic (exact) mass is 727 g/mol. The summed E-state index contributed by atoms with van der Waals surface area (Å²) < 4.78 is 21.7. The van der Waals surface area contributed by atoms with Crippen molar-refractivity contribution >= 4 is 17.9 Å². The summed E-state index contributed by atoms with van der Waals surface area (Å²) in [5, 5.41) is 5.57. The summed E-state index contributed by atoms with van der Waals surface area (Å²) in [7, 11) is 4.37. The van der Waals surface area contributed by atoms with E-state index in [0.717, 1.165) is 83.1 Å². The lowest BCUT2D eigenvalue weighted by atomic mass is 9.96. The van der Waals surface area contributed by atoms with E-state index in [4.69, 9.17) is 18.9 Å². The van der Waals surface area contributed by atoms with E-state index in [1.54, 1.807) is 25.1 Å². The first-order chi connectivity index (χ1) is 25.7. The first-order valence-corrected chi connectivity index (χ1v) is 18.2. The Hall–Kier alpha value is -5.21. The fourth-order valence-corrected chi connectivity index (χ4v) is 6.82. The summed E-state index contributed by atoms with van der Waals surface area (Å²) in [6, 6.07) is 11.2. The van der Waals surface area contributed by atoms with Gasteiger partial charge >= 0.3 is 6.09 Å². The standard InChI is InChI=1S/C39H49N7O7/c1-23(50-3)17-35(47)40-15-7-6-10-34-41-21-29(43-34)26-11-12-27-19-28-18-25(13-14-32(28)53-33(27)20-26)30-22-42-37(44-30)31-9-8-16-46(31)38(48)36(24(2)51-4)45-39(49)52-5/h11-14,18,20-24,31,36H,6-10,15-17,19H2,1-5H3,(H,40,47)(H,41,43)(H,42,44)(H,45,49). The zero-order valence-electron chi connectivity index (χ0n) is 31.0. The smallest absolute Gasteiger partial charge is 0.407 e. The van der Waals surface area contributed by atoms with Crippen molar-refractivity contribution in [3.05, 3.63) is 71.6 Å². The molecule has 4 heterocycles. The van der Waals surface area contributed by atoms with Crippen molar-refractivity contribution in [1.82, 2.24) is 35.5 Å². The van der Waals surface area contributed by atoms with Crippen molar-refractivity contribution in [2.75, 3.05) is 34.4 Å². The Morgan fingerprint density at radius 2 is 1.72 bits per heavy atom. The SMILES string of the molecule is COC(=O)NC(C(=O)N1CCCC1c1ncc(-c2ccc3c(c2)Cc2ccc(-c4cnc(CCCCNC(=O)CC(C)OC)[nH]4)cc2O3)[nH]1)C(C)OC. The van der Waals surface area contributed by atoms with Gasteiger partial charge in [-0.15, -0.1) is 0 Å². The van der Waals surface area contributed by atoms with Gasteiger partial charge in [0.1, 0.15) is 29.2 Å². The molecule has 0 aliphatic carbocycles. The molecule has 4 aromatic rings. The van der Waals surface area contributed by atoms with Gasteiger partial charge in [0.25, 0.3) is 0 Å². The number of unbranched alkanes of at least 4 members (excludes halogenated alkanes) is 1. The van der Waals surface area contributed by atoms with Gasteiger partial charge in [0.15, 0.2) is 0 Å². The maximum Gasteiger partial charge on any atom is 0.407 e. The van der Waals surface area contributed by atoms with Crippen LogP contribution in [0.15, 0.2) is 48.8 Å². The van der Waals surface area contributed by atoms with Crippen LogP contribution in [0, 0.1) is 0 Å². The normalized spacial score (nSPS) is 16.5. The number of alkyl carbamates (subject to hydrolysis) is 1. The zero-order valence-corrected chi connectivity index (χ0v) is 31.0. The maximum atomic E-state index is 13.6. The minimum atomic E-state index is -0.891. The van der Waals surface area contributed by atoms with Gasteiger partial charge in [-0.3, -0.25) is 9.59 Å². The lowest BCUT2D eigenvalue weighted by Gasteiger charge is -2.30. The average molecular weight is 728 g/mol. The van der Waals surface area contributed by atoms with E-state index in [0.29, 0.717) is 31.8 Å². The molecule has 0 radical (unpaired) electrons. The molecule has 14 heteroatoms. The first kappa shape index (κ1) is 37.5. The van der Waals surface area contributed by atoms with Crippen molar-refractivity contribution in [1.29, 1.82) is 0 Å². The molecule has 1 fully saturated rings. The molecular weight excluding hydrogens is 678 g/mol. The van der Waals surface area contributed by atoms with E-state index >= 15 is 0 Å². The molecule has 4 N–H and O–H groups in total. The Kier molecular flexibility index (Phi) is 12.1. The van der Waals surface area contributed by atoms with Gasteiger partial charge in [0.2, 0.25) is 11.8 Å². The number of aromatic nitrogens is 4. The molecule has 6 rings (SSSR count). The third kappa shape index (κ3) is 8.88. The highest BCUT2D eigenvalue weighted by Crippen LogP contribution is 2.40. The summed E-state index contributed by atoms with van der Waals surface area (Å²) in [5.41, 5.74) is 5.88. The number of carbonyl (C=O) groups excluding carboxylic acids is 3. The van der Waals surface area contributed by atoms with E-state index in [2.05, 4.69) is 54.8 Å². The summed E-state index contributed by atoms with van der Waals surface area (Å²) in [5.74, 6) is 2.98. The minimum Gasteiger partial charge on any atom is -0.457 e. The molecule has 2 aromatic carbocycles. The van der Waals surface area contributed by atoms with E-state index in [-0.39, 0.29) is 24.0 Å². The second-order valence-corrected chi connectivity index (χ2v) is 13.7. The number of fused-ring (bicyclic) bond motifs is 2. The third-order valence-electron chi connectivity index (χ3n) is 10.0. The summed E-state index contributed by atoms with van der Waals surface area (Å²) in [4.78, 5) is 55.5. The fourth-order valence-electron chi connectivity index (χ4n) is 6.82. The molecule has 0 spiro atoms. The molecule has 1 saturated heterocycles. The Morgan fingerprint density at radius 1 is 0.943 bits per heavy atom. The maximum absolute atomic E-state index is 13.6. The van der Waals surface area contributed by atoms with Crippen LogP contribution in [0.2, 0.25) is 0 Å². The van der Waals surface area contributed by atoms with Gasteiger partial charge in [0.05, 0.1) is 55.6 Å². The van der Waals surface area contributed by atoms with E-state index in [9.17, 15) is 14.4 Å². The van der Waals surface area contributed by atoms with Crippen molar-refractivity contribution < 1.29 is 33.3 Å². The Balaban J connectivity index is 1.06. The van der Waals surface area contributed by atoms with Crippen molar-refractivity contribution in [2.45, 2.75) is 83.1 Å². The van der Waals surface area contributed by atoms with Crippen LogP contribution in [0.25, 0.3) is 22.5 Å². The Bertz CT molecular complexity index is 1910. The summed E-state index contributed by atoms with van der Waals surface area (Å²) in [6.07, 6.45) is 7.53. The van der Waals surface area contributed by atoms with Crippen molar-refractivity contribution in [3.63, 3.8) is 0 Å². The number of amides is 3.